The number of hydrogen-bond acceptors (Lipinski definition) is 4. The van der Waals surface area contributed by atoms with Crippen LogP contribution in [0.25, 0.3) is 0 Å². The summed E-state index contributed by atoms with van der Waals surface area (Å²) >= 11 is 3.29. The lowest BCUT2D eigenvalue weighted by Crippen LogP contribution is -2.14. The maximum Gasteiger partial charge on any atom is 0.363 e. The number of nitrogen functional groups attached to an aromatic ring is 1. The average molecular weight is 308 g/mol. The summed E-state index contributed by atoms with van der Waals surface area (Å²) in [5, 5.41) is 0.416. The largest absolute Gasteiger partial charge is 0.398 e. The Balaban J connectivity index is 3.15. The lowest BCUT2D eigenvalue weighted by atomic mass is 10.3. The van der Waals surface area contributed by atoms with Gasteiger partial charge >= 0.3 is 7.60 Å². The second kappa shape index (κ2) is 5.82. The van der Waals surface area contributed by atoms with Crippen molar-refractivity contribution in [1.29, 1.82) is 0 Å². The predicted molar refractivity (Wildman–Crippen MR) is 69.0 cm³/mol. The second-order valence-corrected chi connectivity index (χ2v) is 5.94. The summed E-state index contributed by atoms with van der Waals surface area (Å²) in [6.07, 6.45) is 0. The van der Waals surface area contributed by atoms with Gasteiger partial charge < -0.3 is 14.8 Å². The molecule has 0 saturated carbocycles. The quantitative estimate of drug-likeness (QED) is 0.671. The van der Waals surface area contributed by atoms with Crippen LogP contribution in [0.5, 0.6) is 0 Å². The molecule has 16 heavy (non-hydrogen) atoms. The van der Waals surface area contributed by atoms with Gasteiger partial charge in [0.2, 0.25) is 0 Å². The number of benzene rings is 1. The first-order valence-corrected chi connectivity index (χ1v) is 7.31. The summed E-state index contributed by atoms with van der Waals surface area (Å²) in [5.41, 5.74) is 6.21. The van der Waals surface area contributed by atoms with Gasteiger partial charge in [0.25, 0.3) is 0 Å². The summed E-state index contributed by atoms with van der Waals surface area (Å²) < 4.78 is 23.7. The van der Waals surface area contributed by atoms with Crippen LogP contribution in [0.15, 0.2) is 22.7 Å². The predicted octanol–water partition coefficient (Wildman–Crippen LogP) is 2.92. The molecule has 0 unspecified atom stereocenters. The van der Waals surface area contributed by atoms with E-state index >= 15 is 0 Å². The van der Waals surface area contributed by atoms with E-state index in [0.717, 1.165) is 4.47 Å². The van der Waals surface area contributed by atoms with Crippen LogP contribution in [0.1, 0.15) is 13.8 Å². The second-order valence-electron chi connectivity index (χ2n) is 3.04. The molecular formula is C10H15BrNO3P. The standard InChI is InChI=1S/C10H15BrNO3P/c1-3-14-16(13,15-4-2)10-6-5-8(11)7-9(10)12/h5-7H,3-4,12H2,1-2H3. The van der Waals surface area contributed by atoms with Crippen LogP contribution in [0.4, 0.5) is 5.69 Å². The fourth-order valence-electron chi connectivity index (χ4n) is 1.29. The van der Waals surface area contributed by atoms with Gasteiger partial charge in [-0.3, -0.25) is 4.57 Å². The first-order valence-electron chi connectivity index (χ1n) is 4.98. The fourth-order valence-corrected chi connectivity index (χ4v) is 3.34. The minimum Gasteiger partial charge on any atom is -0.398 e. The Morgan fingerprint density at radius 3 is 2.31 bits per heavy atom. The van der Waals surface area contributed by atoms with Crippen molar-refractivity contribution >= 4 is 34.5 Å². The Kier molecular flexibility index (Phi) is 4.99. The van der Waals surface area contributed by atoms with E-state index in [1.807, 2.05) is 0 Å². The highest BCUT2D eigenvalue weighted by atomic mass is 79.9. The molecule has 0 fully saturated rings. The van der Waals surface area contributed by atoms with Crippen LogP contribution in [0.3, 0.4) is 0 Å². The van der Waals surface area contributed by atoms with Crippen LogP contribution in [0.2, 0.25) is 0 Å². The third-order valence-corrected chi connectivity index (χ3v) is 4.57. The molecule has 0 saturated heterocycles. The number of rotatable bonds is 5. The molecule has 0 bridgehead atoms. The molecule has 1 aromatic rings. The van der Waals surface area contributed by atoms with Crippen molar-refractivity contribution in [3.05, 3.63) is 22.7 Å². The molecule has 90 valence electrons. The van der Waals surface area contributed by atoms with Crippen LogP contribution in [-0.2, 0) is 13.6 Å². The average Bonchev–Trinajstić information content (AvgIpc) is 2.17. The van der Waals surface area contributed by atoms with Crippen molar-refractivity contribution in [1.82, 2.24) is 0 Å². The molecule has 0 aliphatic heterocycles. The third-order valence-electron chi connectivity index (χ3n) is 1.88. The van der Waals surface area contributed by atoms with E-state index in [1.165, 1.54) is 0 Å². The molecule has 0 aliphatic rings. The number of hydrogen-bond donors (Lipinski definition) is 1. The van der Waals surface area contributed by atoms with Crippen LogP contribution < -0.4 is 11.0 Å². The molecule has 0 amide bonds. The Morgan fingerprint density at radius 2 is 1.88 bits per heavy atom. The molecule has 4 nitrogen and oxygen atoms in total. The van der Waals surface area contributed by atoms with Crippen molar-refractivity contribution in [2.45, 2.75) is 13.8 Å². The van der Waals surface area contributed by atoms with Gasteiger partial charge in [0, 0.05) is 10.2 Å². The monoisotopic (exact) mass is 307 g/mol. The lowest BCUT2D eigenvalue weighted by molar-refractivity contribution is 0.230. The number of anilines is 1. The van der Waals surface area contributed by atoms with E-state index in [2.05, 4.69) is 15.9 Å². The molecule has 0 spiro atoms. The van der Waals surface area contributed by atoms with Gasteiger partial charge in [-0.2, -0.15) is 0 Å². The summed E-state index contributed by atoms with van der Waals surface area (Å²) in [5.74, 6) is 0. The highest BCUT2D eigenvalue weighted by Gasteiger charge is 2.28. The van der Waals surface area contributed by atoms with Gasteiger partial charge in [0.1, 0.15) is 0 Å². The van der Waals surface area contributed by atoms with Crippen molar-refractivity contribution in [2.75, 3.05) is 18.9 Å². The Morgan fingerprint density at radius 1 is 1.31 bits per heavy atom. The van der Waals surface area contributed by atoms with E-state index in [4.69, 9.17) is 14.8 Å². The van der Waals surface area contributed by atoms with Gasteiger partial charge in [-0.05, 0) is 32.0 Å². The van der Waals surface area contributed by atoms with Gasteiger partial charge in [0.15, 0.2) is 0 Å². The van der Waals surface area contributed by atoms with E-state index in [-0.39, 0.29) is 0 Å². The SMILES string of the molecule is CCOP(=O)(OCC)c1ccc(Br)cc1N. The molecule has 0 radical (unpaired) electrons. The first-order chi connectivity index (χ1) is 7.53. The molecular weight excluding hydrogens is 293 g/mol. The lowest BCUT2D eigenvalue weighted by Gasteiger charge is -2.18. The molecule has 1 aromatic carbocycles. The Labute approximate surface area is 104 Å². The van der Waals surface area contributed by atoms with E-state index in [1.54, 1.807) is 32.0 Å². The number of nitrogens with two attached hydrogens (primary N) is 1. The zero-order chi connectivity index (χ0) is 12.2. The van der Waals surface area contributed by atoms with Crippen molar-refractivity contribution in [3.8, 4) is 0 Å². The summed E-state index contributed by atoms with van der Waals surface area (Å²) in [4.78, 5) is 0. The minimum atomic E-state index is -3.27. The zero-order valence-corrected chi connectivity index (χ0v) is 11.8. The van der Waals surface area contributed by atoms with Gasteiger partial charge in [-0.1, -0.05) is 15.9 Å². The van der Waals surface area contributed by atoms with E-state index < -0.39 is 7.60 Å². The normalized spacial score (nSPS) is 11.7. The number of halogens is 1. The maximum absolute atomic E-state index is 12.4. The molecule has 0 heterocycles. The summed E-state index contributed by atoms with van der Waals surface area (Å²) in [7, 11) is -3.27. The molecule has 0 aromatic heterocycles. The summed E-state index contributed by atoms with van der Waals surface area (Å²) in [6, 6.07) is 5.10. The van der Waals surface area contributed by atoms with Crippen molar-refractivity contribution in [2.24, 2.45) is 0 Å². The highest BCUT2D eigenvalue weighted by Crippen LogP contribution is 2.48. The molecule has 0 aliphatic carbocycles. The van der Waals surface area contributed by atoms with Crippen molar-refractivity contribution < 1.29 is 13.6 Å². The smallest absolute Gasteiger partial charge is 0.363 e. The molecule has 1 rings (SSSR count). The molecule has 0 atom stereocenters. The van der Waals surface area contributed by atoms with Crippen LogP contribution in [0, 0.1) is 0 Å². The van der Waals surface area contributed by atoms with E-state index in [0.29, 0.717) is 24.2 Å². The van der Waals surface area contributed by atoms with Crippen molar-refractivity contribution in [3.63, 3.8) is 0 Å². The Bertz CT molecular complexity index is 401. The maximum atomic E-state index is 12.4. The fraction of sp³-hybridized carbons (Fsp3) is 0.400. The molecule has 2 N–H and O–H groups in total. The third kappa shape index (κ3) is 3.08. The van der Waals surface area contributed by atoms with Gasteiger partial charge in [-0.25, -0.2) is 0 Å². The zero-order valence-electron chi connectivity index (χ0n) is 9.27. The van der Waals surface area contributed by atoms with Crippen LogP contribution >= 0.6 is 23.5 Å². The van der Waals surface area contributed by atoms with E-state index in [9.17, 15) is 4.57 Å². The highest BCUT2D eigenvalue weighted by molar-refractivity contribution is 9.10. The first kappa shape index (κ1) is 13.7. The van der Waals surface area contributed by atoms with Crippen LogP contribution in [-0.4, -0.2) is 13.2 Å². The topological polar surface area (TPSA) is 61.5 Å². The Hall–Kier alpha value is -0.350. The van der Waals surface area contributed by atoms with Gasteiger partial charge in [0.05, 0.1) is 18.5 Å². The minimum absolute atomic E-state index is 0.312. The summed E-state index contributed by atoms with van der Waals surface area (Å²) in [6.45, 7) is 4.15. The van der Waals surface area contributed by atoms with Gasteiger partial charge in [-0.15, -0.1) is 0 Å². The molecule has 6 heteroatoms.